The van der Waals surface area contributed by atoms with E-state index in [9.17, 15) is 0 Å². The number of furan rings is 1. The maximum Gasteiger partial charge on any atom is 0.252 e. The summed E-state index contributed by atoms with van der Waals surface area (Å²) in [6, 6.07) is 61.5. The lowest BCUT2D eigenvalue weighted by Crippen LogP contribution is -2.60. The first-order valence-electron chi connectivity index (χ1n) is 22.9. The summed E-state index contributed by atoms with van der Waals surface area (Å²) in [4.78, 5) is 5.00. The Morgan fingerprint density at radius 2 is 1.12 bits per heavy atom. The standard InChI is InChI=1S/C59H48BN3OS/c1-35-32-48-54-49(33-35)63-55-43(57-56(63)42-15-9-11-21-52(42)65-57)16-12-17-45(55)60(54)44-31-30-40(34-47(44)62(48)46-18-13-20-51-53(46)41-14-8-10-19-50(41)64-51)61(38-26-22-36(23-27-38)58(2,3)4)39-28-24-37(25-29-39)59(5,6)7/h8-34H,1-7H3. The lowest BCUT2D eigenvalue weighted by molar-refractivity contribution is 0.590. The summed E-state index contributed by atoms with van der Waals surface area (Å²) in [6.45, 7) is 16.0. The average Bonchev–Trinajstić information content (AvgIpc) is 3.97. The van der Waals surface area contributed by atoms with Crippen molar-refractivity contribution in [2.24, 2.45) is 0 Å². The topological polar surface area (TPSA) is 24.6 Å². The fraction of sp³-hybridized carbons (Fsp3) is 0.153. The number of rotatable bonds is 4. The van der Waals surface area contributed by atoms with Gasteiger partial charge in [0.1, 0.15) is 11.2 Å². The van der Waals surface area contributed by atoms with Gasteiger partial charge in [0.15, 0.2) is 0 Å². The van der Waals surface area contributed by atoms with Gasteiger partial charge in [-0.05, 0) is 124 Å². The van der Waals surface area contributed by atoms with E-state index in [0.717, 1.165) is 44.7 Å². The molecule has 0 saturated heterocycles. The van der Waals surface area contributed by atoms with Gasteiger partial charge >= 0.3 is 0 Å². The minimum absolute atomic E-state index is 0.0123. The molecule has 2 aliphatic rings. The maximum atomic E-state index is 6.62. The highest BCUT2D eigenvalue weighted by Crippen LogP contribution is 2.49. The quantitative estimate of drug-likeness (QED) is 0.165. The summed E-state index contributed by atoms with van der Waals surface area (Å²) < 4.78 is 11.9. The van der Waals surface area contributed by atoms with E-state index in [0.29, 0.717) is 0 Å². The van der Waals surface area contributed by atoms with Gasteiger partial charge in [0, 0.05) is 55.0 Å². The third-order valence-corrected chi connectivity index (χ3v) is 15.3. The van der Waals surface area contributed by atoms with Crippen LogP contribution in [0, 0.1) is 6.92 Å². The molecule has 0 N–H and O–H groups in total. The van der Waals surface area contributed by atoms with Crippen LogP contribution in [0.2, 0.25) is 0 Å². The van der Waals surface area contributed by atoms with Gasteiger partial charge in [-0.15, -0.1) is 11.3 Å². The highest BCUT2D eigenvalue weighted by atomic mass is 32.1. The average molecular weight is 858 g/mol. The van der Waals surface area contributed by atoms with Crippen molar-refractivity contribution in [3.63, 3.8) is 0 Å². The smallest absolute Gasteiger partial charge is 0.252 e. The summed E-state index contributed by atoms with van der Waals surface area (Å²) in [5.41, 5.74) is 20.4. The van der Waals surface area contributed by atoms with Crippen molar-refractivity contribution in [3.05, 3.63) is 180 Å². The Labute approximate surface area is 384 Å². The molecule has 3 aromatic heterocycles. The highest BCUT2D eigenvalue weighted by Gasteiger charge is 2.43. The molecule has 0 bridgehead atoms. The molecule has 65 heavy (non-hydrogen) atoms. The third kappa shape index (κ3) is 5.56. The summed E-state index contributed by atoms with van der Waals surface area (Å²) in [5, 5.41) is 4.86. The van der Waals surface area contributed by atoms with Gasteiger partial charge in [-0.25, -0.2) is 0 Å². The molecule has 314 valence electrons. The molecule has 5 heterocycles. The van der Waals surface area contributed by atoms with E-state index in [1.807, 2.05) is 11.3 Å². The van der Waals surface area contributed by atoms with Gasteiger partial charge in [0.2, 0.25) is 0 Å². The second-order valence-corrected chi connectivity index (χ2v) is 21.3. The van der Waals surface area contributed by atoms with Gasteiger partial charge < -0.3 is 18.8 Å². The molecular weight excluding hydrogens is 810 g/mol. The normalized spacial score (nSPS) is 13.4. The monoisotopic (exact) mass is 857 g/mol. The number of hydrogen-bond donors (Lipinski definition) is 0. The van der Waals surface area contributed by atoms with E-state index >= 15 is 0 Å². The van der Waals surface area contributed by atoms with E-state index in [2.05, 4.69) is 227 Å². The molecule has 0 atom stereocenters. The Balaban J connectivity index is 1.12. The molecular formula is C59H48BN3OS. The van der Waals surface area contributed by atoms with Crippen LogP contribution >= 0.6 is 11.3 Å². The zero-order valence-electron chi connectivity index (χ0n) is 37.8. The Bertz CT molecular complexity index is 3710. The van der Waals surface area contributed by atoms with Crippen LogP contribution in [0.25, 0.3) is 58.8 Å². The summed E-state index contributed by atoms with van der Waals surface area (Å²) >= 11 is 1.92. The molecule has 0 radical (unpaired) electrons. The first kappa shape index (κ1) is 38.4. The SMILES string of the molecule is Cc1cc2c3c(c1)-n1c4c(cccc4c4sc5ccccc5c41)B3c1ccc(N(c3ccc(C(C)(C)C)cc3)c3ccc(C(C)(C)C)cc3)cc1N2c1cccc2oc3ccccc3c12. The van der Waals surface area contributed by atoms with E-state index < -0.39 is 0 Å². The number of aryl methyl sites for hydroxylation is 1. The van der Waals surface area contributed by atoms with Crippen molar-refractivity contribution in [1.29, 1.82) is 0 Å². The molecule has 2 aliphatic heterocycles. The number of nitrogens with zero attached hydrogens (tertiary/aromatic N) is 3. The molecule has 6 heteroatoms. The van der Waals surface area contributed by atoms with Gasteiger partial charge in [-0.1, -0.05) is 133 Å². The number of thiophene rings is 1. The molecule has 0 unspecified atom stereocenters. The Morgan fingerprint density at radius 1 is 0.508 bits per heavy atom. The van der Waals surface area contributed by atoms with Crippen molar-refractivity contribution < 1.29 is 4.42 Å². The van der Waals surface area contributed by atoms with E-state index in [1.54, 1.807) is 0 Å². The van der Waals surface area contributed by atoms with E-state index in [1.165, 1.54) is 81.3 Å². The van der Waals surface area contributed by atoms with Gasteiger partial charge in [-0.3, -0.25) is 0 Å². The number of anilines is 6. The molecule has 13 rings (SSSR count). The van der Waals surface area contributed by atoms with Crippen molar-refractivity contribution in [3.8, 4) is 5.69 Å². The van der Waals surface area contributed by atoms with Crippen LogP contribution in [0.15, 0.2) is 168 Å². The zero-order valence-corrected chi connectivity index (χ0v) is 38.6. The molecule has 0 amide bonds. The third-order valence-electron chi connectivity index (χ3n) is 14.1. The van der Waals surface area contributed by atoms with Crippen LogP contribution in [0.5, 0.6) is 0 Å². The van der Waals surface area contributed by atoms with E-state index in [4.69, 9.17) is 4.42 Å². The fourth-order valence-corrected chi connectivity index (χ4v) is 12.2. The Morgan fingerprint density at radius 3 is 1.85 bits per heavy atom. The predicted molar refractivity (Wildman–Crippen MR) is 280 cm³/mol. The molecule has 0 aliphatic carbocycles. The molecule has 0 spiro atoms. The lowest BCUT2D eigenvalue weighted by atomic mass is 9.33. The van der Waals surface area contributed by atoms with Crippen LogP contribution in [-0.4, -0.2) is 11.3 Å². The Hall–Kier alpha value is -7.02. The molecule has 11 aromatic rings. The zero-order chi connectivity index (χ0) is 44.1. The molecule has 0 fully saturated rings. The number of fused-ring (bicyclic) bond motifs is 12. The summed E-state index contributed by atoms with van der Waals surface area (Å²) in [7, 11) is 0. The lowest BCUT2D eigenvalue weighted by Gasteiger charge is -2.41. The van der Waals surface area contributed by atoms with Gasteiger partial charge in [-0.2, -0.15) is 0 Å². The van der Waals surface area contributed by atoms with Crippen LogP contribution in [0.3, 0.4) is 0 Å². The summed E-state index contributed by atoms with van der Waals surface area (Å²) in [6.07, 6.45) is 0. The van der Waals surface area contributed by atoms with Crippen LogP contribution < -0.4 is 26.2 Å². The molecule has 0 saturated carbocycles. The minimum atomic E-state index is 0.0123. The number of aromatic nitrogens is 1. The second kappa shape index (κ2) is 13.5. The van der Waals surface area contributed by atoms with Gasteiger partial charge in [0.25, 0.3) is 6.71 Å². The van der Waals surface area contributed by atoms with Crippen molar-refractivity contribution in [2.75, 3.05) is 9.80 Å². The number of hydrogen-bond acceptors (Lipinski definition) is 4. The first-order valence-corrected chi connectivity index (χ1v) is 23.7. The maximum absolute atomic E-state index is 6.62. The molecule has 8 aromatic carbocycles. The van der Waals surface area contributed by atoms with Crippen molar-refractivity contribution >= 4 is 122 Å². The predicted octanol–water partition coefficient (Wildman–Crippen LogP) is 14.9. The van der Waals surface area contributed by atoms with E-state index in [-0.39, 0.29) is 17.5 Å². The number of para-hydroxylation sites is 2. The van der Waals surface area contributed by atoms with Crippen LogP contribution in [-0.2, 0) is 10.8 Å². The van der Waals surface area contributed by atoms with Gasteiger partial charge in [0.05, 0.1) is 26.8 Å². The Kier molecular flexibility index (Phi) is 7.99. The summed E-state index contributed by atoms with van der Waals surface area (Å²) in [5.74, 6) is 0. The van der Waals surface area contributed by atoms with Crippen LogP contribution in [0.1, 0.15) is 58.2 Å². The second-order valence-electron chi connectivity index (χ2n) is 20.3. The molecule has 4 nitrogen and oxygen atoms in total. The first-order chi connectivity index (χ1) is 31.4. The van der Waals surface area contributed by atoms with Crippen molar-refractivity contribution in [1.82, 2.24) is 4.57 Å². The largest absolute Gasteiger partial charge is 0.456 e. The van der Waals surface area contributed by atoms with Crippen molar-refractivity contribution in [2.45, 2.75) is 59.3 Å². The van der Waals surface area contributed by atoms with Crippen LogP contribution in [0.4, 0.5) is 34.1 Å². The number of benzene rings is 8. The minimum Gasteiger partial charge on any atom is -0.456 e. The fourth-order valence-electron chi connectivity index (χ4n) is 11.0. The highest BCUT2D eigenvalue weighted by molar-refractivity contribution is 7.26.